The van der Waals surface area contributed by atoms with E-state index in [0.717, 1.165) is 16.7 Å². The van der Waals surface area contributed by atoms with Crippen LogP contribution >= 0.6 is 0 Å². The van der Waals surface area contributed by atoms with Crippen molar-refractivity contribution < 1.29 is 9.26 Å². The van der Waals surface area contributed by atoms with Crippen molar-refractivity contribution in [3.63, 3.8) is 0 Å². The normalized spacial score (nSPS) is 10.7. The first kappa shape index (κ1) is 13.3. The van der Waals surface area contributed by atoms with Crippen molar-refractivity contribution in [2.75, 3.05) is 0 Å². The maximum Gasteiger partial charge on any atom is 0.439 e. The summed E-state index contributed by atoms with van der Waals surface area (Å²) in [5.41, 5.74) is 2.93. The van der Waals surface area contributed by atoms with Crippen LogP contribution in [0.15, 0.2) is 63.9 Å². The van der Waals surface area contributed by atoms with Gasteiger partial charge in [0.15, 0.2) is 5.82 Å². The number of benzene rings is 2. The fraction of sp³-hybridized carbons (Fsp3) is 0.125. The van der Waals surface area contributed by atoms with Crippen LogP contribution in [-0.2, 0) is 18.0 Å². The van der Waals surface area contributed by atoms with Crippen LogP contribution in [0.25, 0.3) is 11.4 Å². The predicted octanol–water partition coefficient (Wildman–Crippen LogP) is 2.75. The Morgan fingerprint density at radius 2 is 1.76 bits per heavy atom. The minimum absolute atomic E-state index is 0.421. The van der Waals surface area contributed by atoms with Gasteiger partial charge in [-0.1, -0.05) is 53.7 Å². The van der Waals surface area contributed by atoms with Crippen LogP contribution in [-0.4, -0.2) is 10.1 Å². The average Bonchev–Trinajstić information content (AvgIpc) is 2.95. The molecule has 0 unspecified atom stereocenters. The van der Waals surface area contributed by atoms with Gasteiger partial charge in [0.25, 0.3) is 0 Å². The molecular formula is C16H14N2O3. The van der Waals surface area contributed by atoms with Crippen LogP contribution in [0.1, 0.15) is 11.1 Å². The lowest BCUT2D eigenvalue weighted by atomic mass is 10.1. The Morgan fingerprint density at radius 3 is 2.52 bits per heavy atom. The van der Waals surface area contributed by atoms with E-state index >= 15 is 0 Å². The highest BCUT2D eigenvalue weighted by Gasteiger charge is 2.05. The van der Waals surface area contributed by atoms with Gasteiger partial charge in [-0.3, -0.25) is 9.51 Å². The average molecular weight is 282 g/mol. The highest BCUT2D eigenvalue weighted by atomic mass is 16.5. The van der Waals surface area contributed by atoms with Crippen molar-refractivity contribution in [1.82, 2.24) is 10.1 Å². The Labute approximate surface area is 121 Å². The fourth-order valence-electron chi connectivity index (χ4n) is 2.02. The monoisotopic (exact) mass is 282 g/mol. The number of H-pyrrole nitrogens is 1. The summed E-state index contributed by atoms with van der Waals surface area (Å²) in [4.78, 5) is 13.5. The second-order valence-electron chi connectivity index (χ2n) is 4.62. The Morgan fingerprint density at radius 1 is 1.00 bits per heavy atom. The van der Waals surface area contributed by atoms with Crippen LogP contribution in [0.5, 0.6) is 0 Å². The Balaban J connectivity index is 1.65. The zero-order valence-electron chi connectivity index (χ0n) is 11.3. The van der Waals surface area contributed by atoms with E-state index in [9.17, 15) is 4.79 Å². The van der Waals surface area contributed by atoms with Gasteiger partial charge >= 0.3 is 5.76 Å². The topological polar surface area (TPSA) is 68.1 Å². The SMILES string of the molecule is O=c1[nH]c(-c2cccc(COCc3ccccc3)c2)no1. The molecule has 0 saturated heterocycles. The molecule has 0 aliphatic carbocycles. The first-order chi connectivity index (χ1) is 10.3. The minimum Gasteiger partial charge on any atom is -0.372 e. The maximum atomic E-state index is 11.0. The first-order valence-corrected chi connectivity index (χ1v) is 6.58. The summed E-state index contributed by atoms with van der Waals surface area (Å²) in [5.74, 6) is -0.138. The van der Waals surface area contributed by atoms with Crippen molar-refractivity contribution in [3.05, 3.63) is 76.3 Å². The number of rotatable bonds is 5. The number of hydrogen-bond acceptors (Lipinski definition) is 4. The molecule has 0 fully saturated rings. The highest BCUT2D eigenvalue weighted by Crippen LogP contribution is 2.16. The summed E-state index contributed by atoms with van der Waals surface area (Å²) in [5, 5.41) is 3.67. The summed E-state index contributed by atoms with van der Waals surface area (Å²) in [6.07, 6.45) is 0. The number of hydrogen-bond donors (Lipinski definition) is 1. The number of aromatic nitrogens is 2. The summed E-state index contributed by atoms with van der Waals surface area (Å²) >= 11 is 0. The quantitative estimate of drug-likeness (QED) is 0.781. The van der Waals surface area contributed by atoms with E-state index < -0.39 is 5.76 Å². The molecule has 0 bridgehead atoms. The third-order valence-electron chi connectivity index (χ3n) is 3.02. The van der Waals surface area contributed by atoms with Crippen molar-refractivity contribution in [2.45, 2.75) is 13.2 Å². The van der Waals surface area contributed by atoms with E-state index in [-0.39, 0.29) is 0 Å². The number of nitrogens with one attached hydrogen (secondary N) is 1. The predicted molar refractivity (Wildman–Crippen MR) is 77.5 cm³/mol. The second-order valence-corrected chi connectivity index (χ2v) is 4.62. The maximum absolute atomic E-state index is 11.0. The van der Waals surface area contributed by atoms with Gasteiger partial charge < -0.3 is 4.74 Å². The van der Waals surface area contributed by atoms with Gasteiger partial charge in [-0.05, 0) is 17.2 Å². The zero-order chi connectivity index (χ0) is 14.5. The van der Waals surface area contributed by atoms with E-state index in [1.165, 1.54) is 0 Å². The van der Waals surface area contributed by atoms with Crippen molar-refractivity contribution >= 4 is 0 Å². The molecule has 106 valence electrons. The number of ether oxygens (including phenoxy) is 1. The molecule has 1 N–H and O–H groups in total. The van der Waals surface area contributed by atoms with Gasteiger partial charge in [0.1, 0.15) is 0 Å². The lowest BCUT2D eigenvalue weighted by molar-refractivity contribution is 0.107. The van der Waals surface area contributed by atoms with Gasteiger partial charge in [0.05, 0.1) is 13.2 Å². The molecule has 0 aliphatic heterocycles. The van der Waals surface area contributed by atoms with Gasteiger partial charge in [-0.15, -0.1) is 0 Å². The first-order valence-electron chi connectivity index (χ1n) is 6.58. The fourth-order valence-corrected chi connectivity index (χ4v) is 2.02. The molecule has 3 aromatic rings. The molecule has 5 nitrogen and oxygen atoms in total. The Bertz CT molecular complexity index is 762. The third kappa shape index (κ3) is 3.46. The van der Waals surface area contributed by atoms with Crippen LogP contribution in [0.3, 0.4) is 0 Å². The van der Waals surface area contributed by atoms with E-state index in [1.54, 1.807) is 0 Å². The molecule has 0 atom stereocenters. The summed E-state index contributed by atoms with van der Waals surface area (Å²) in [6.45, 7) is 1.05. The molecule has 2 aromatic carbocycles. The number of nitrogens with zero attached hydrogens (tertiary/aromatic N) is 1. The Hall–Kier alpha value is -2.66. The summed E-state index contributed by atoms with van der Waals surface area (Å²) in [7, 11) is 0. The van der Waals surface area contributed by atoms with Crippen LogP contribution in [0, 0.1) is 0 Å². The van der Waals surface area contributed by atoms with Crippen LogP contribution in [0.4, 0.5) is 0 Å². The van der Waals surface area contributed by atoms with Crippen LogP contribution < -0.4 is 5.76 Å². The molecule has 0 saturated carbocycles. The standard InChI is InChI=1S/C16H14N2O3/c19-16-17-15(18-21-16)14-8-4-7-13(9-14)11-20-10-12-5-2-1-3-6-12/h1-9H,10-11H2,(H,17,18,19). The van der Waals surface area contributed by atoms with Gasteiger partial charge in [-0.25, -0.2) is 4.79 Å². The van der Waals surface area contributed by atoms with E-state index in [0.29, 0.717) is 19.0 Å². The molecule has 21 heavy (non-hydrogen) atoms. The zero-order valence-corrected chi connectivity index (χ0v) is 11.3. The highest BCUT2D eigenvalue weighted by molar-refractivity contribution is 5.54. The molecule has 1 heterocycles. The molecule has 3 rings (SSSR count). The molecule has 1 aromatic heterocycles. The van der Waals surface area contributed by atoms with E-state index in [4.69, 9.17) is 4.74 Å². The second kappa shape index (κ2) is 6.19. The summed E-state index contributed by atoms with van der Waals surface area (Å²) < 4.78 is 10.2. The Kier molecular flexibility index (Phi) is 3.93. The van der Waals surface area contributed by atoms with Gasteiger partial charge in [0.2, 0.25) is 0 Å². The lowest BCUT2D eigenvalue weighted by Crippen LogP contribution is -1.96. The smallest absolute Gasteiger partial charge is 0.372 e. The molecule has 0 spiro atoms. The lowest BCUT2D eigenvalue weighted by Gasteiger charge is -2.05. The largest absolute Gasteiger partial charge is 0.439 e. The minimum atomic E-state index is -0.560. The molecule has 5 heteroatoms. The third-order valence-corrected chi connectivity index (χ3v) is 3.02. The van der Waals surface area contributed by atoms with E-state index in [2.05, 4.69) is 14.7 Å². The van der Waals surface area contributed by atoms with Gasteiger partial charge in [0, 0.05) is 5.56 Å². The summed E-state index contributed by atoms with van der Waals surface area (Å²) in [6, 6.07) is 17.6. The molecule has 0 aliphatic rings. The van der Waals surface area contributed by atoms with E-state index in [1.807, 2.05) is 54.6 Å². The number of aromatic amines is 1. The van der Waals surface area contributed by atoms with Crippen molar-refractivity contribution in [1.29, 1.82) is 0 Å². The molecule has 0 amide bonds. The molecular weight excluding hydrogens is 268 g/mol. The molecule has 0 radical (unpaired) electrons. The van der Waals surface area contributed by atoms with Crippen LogP contribution in [0.2, 0.25) is 0 Å². The van der Waals surface area contributed by atoms with Crippen molar-refractivity contribution in [3.8, 4) is 11.4 Å². The van der Waals surface area contributed by atoms with Gasteiger partial charge in [-0.2, -0.15) is 0 Å². The van der Waals surface area contributed by atoms with Crippen molar-refractivity contribution in [2.24, 2.45) is 0 Å².